The molecule has 0 spiro atoms. The molecule has 1 aliphatic carbocycles. The van der Waals surface area contributed by atoms with Crippen LogP contribution >= 0.6 is 27.5 Å². The predicted molar refractivity (Wildman–Crippen MR) is 110 cm³/mol. The van der Waals surface area contributed by atoms with Crippen LogP contribution in [-0.2, 0) is 12.8 Å². The van der Waals surface area contributed by atoms with Crippen molar-refractivity contribution >= 4 is 50.0 Å². The second-order valence-corrected chi connectivity index (χ2v) is 7.96. The third-order valence-corrected chi connectivity index (χ3v) is 5.92. The SMILES string of the molecule is Cc1ccc(NC(=O)c2ccc3c(Cl)c4c(nc3c2)CCCC4)c(Br)c1. The first kappa shape index (κ1) is 17.5. The van der Waals surface area contributed by atoms with Crippen molar-refractivity contribution in [2.75, 3.05) is 5.32 Å². The van der Waals surface area contributed by atoms with Crippen molar-refractivity contribution < 1.29 is 4.79 Å². The Morgan fingerprint density at radius 2 is 1.96 bits per heavy atom. The first-order valence-electron chi connectivity index (χ1n) is 8.71. The molecule has 0 bridgehead atoms. The van der Waals surface area contributed by atoms with E-state index < -0.39 is 0 Å². The Kier molecular flexibility index (Phi) is 4.72. The number of nitrogens with one attached hydrogen (secondary N) is 1. The highest BCUT2D eigenvalue weighted by atomic mass is 79.9. The Hall–Kier alpha value is -1.91. The zero-order valence-electron chi connectivity index (χ0n) is 14.4. The molecule has 0 unspecified atom stereocenters. The number of rotatable bonds is 2. The number of carbonyl (C=O) groups is 1. The van der Waals surface area contributed by atoms with Gasteiger partial charge in [-0.3, -0.25) is 9.78 Å². The fourth-order valence-corrected chi connectivity index (χ4v) is 4.38. The Labute approximate surface area is 165 Å². The molecule has 0 atom stereocenters. The first-order valence-corrected chi connectivity index (χ1v) is 9.88. The van der Waals surface area contributed by atoms with Crippen molar-refractivity contribution in [2.45, 2.75) is 32.6 Å². The second kappa shape index (κ2) is 7.01. The van der Waals surface area contributed by atoms with Gasteiger partial charge in [0, 0.05) is 21.1 Å². The van der Waals surface area contributed by atoms with E-state index in [4.69, 9.17) is 16.6 Å². The van der Waals surface area contributed by atoms with Crippen LogP contribution in [0.3, 0.4) is 0 Å². The maximum Gasteiger partial charge on any atom is 0.255 e. The van der Waals surface area contributed by atoms with Gasteiger partial charge in [-0.2, -0.15) is 0 Å². The van der Waals surface area contributed by atoms with E-state index in [1.54, 1.807) is 0 Å². The molecular formula is C21H18BrClN2O. The number of aromatic nitrogens is 1. The van der Waals surface area contributed by atoms with Crippen molar-refractivity contribution in [2.24, 2.45) is 0 Å². The van der Waals surface area contributed by atoms with Crippen molar-refractivity contribution in [3.8, 4) is 0 Å². The molecule has 1 aromatic heterocycles. The second-order valence-electron chi connectivity index (χ2n) is 6.73. The zero-order chi connectivity index (χ0) is 18.3. The molecular weight excluding hydrogens is 412 g/mol. The van der Waals surface area contributed by atoms with Gasteiger partial charge in [0.1, 0.15) is 0 Å². The average molecular weight is 430 g/mol. The van der Waals surface area contributed by atoms with Crippen LogP contribution in [0.5, 0.6) is 0 Å². The van der Waals surface area contributed by atoms with E-state index in [2.05, 4.69) is 21.2 Å². The van der Waals surface area contributed by atoms with Crippen molar-refractivity contribution in [1.29, 1.82) is 0 Å². The van der Waals surface area contributed by atoms with Crippen LogP contribution in [0.1, 0.15) is 40.0 Å². The molecule has 2 aromatic carbocycles. The van der Waals surface area contributed by atoms with Crippen molar-refractivity contribution in [3.63, 3.8) is 0 Å². The van der Waals surface area contributed by atoms with Gasteiger partial charge in [0.2, 0.25) is 0 Å². The third-order valence-electron chi connectivity index (χ3n) is 4.83. The predicted octanol–water partition coefficient (Wildman–Crippen LogP) is 6.09. The molecule has 3 nitrogen and oxygen atoms in total. The Morgan fingerprint density at radius 3 is 2.77 bits per heavy atom. The lowest BCUT2D eigenvalue weighted by atomic mass is 9.94. The Balaban J connectivity index is 1.69. The fraction of sp³-hybridized carbons (Fsp3) is 0.238. The summed E-state index contributed by atoms with van der Waals surface area (Å²) in [5.41, 5.74) is 5.48. The summed E-state index contributed by atoms with van der Waals surface area (Å²) in [6, 6.07) is 11.4. The lowest BCUT2D eigenvalue weighted by Crippen LogP contribution is -2.13. The number of nitrogens with zero attached hydrogens (tertiary/aromatic N) is 1. The number of fused-ring (bicyclic) bond motifs is 2. The molecule has 1 heterocycles. The molecule has 0 aliphatic heterocycles. The number of pyridine rings is 1. The molecule has 1 aliphatic rings. The largest absolute Gasteiger partial charge is 0.321 e. The van der Waals surface area contributed by atoms with Gasteiger partial charge in [-0.1, -0.05) is 23.7 Å². The number of hydrogen-bond donors (Lipinski definition) is 1. The van der Waals surface area contributed by atoms with Gasteiger partial charge in [-0.25, -0.2) is 0 Å². The molecule has 26 heavy (non-hydrogen) atoms. The highest BCUT2D eigenvalue weighted by Gasteiger charge is 2.18. The molecule has 0 saturated carbocycles. The molecule has 4 rings (SSSR count). The van der Waals surface area contributed by atoms with Crippen LogP contribution in [0.25, 0.3) is 10.9 Å². The van der Waals surface area contributed by atoms with E-state index in [1.165, 1.54) is 5.56 Å². The van der Waals surface area contributed by atoms with Gasteiger partial charge in [-0.05, 0) is 83.9 Å². The fourth-order valence-electron chi connectivity index (χ4n) is 3.42. The maximum absolute atomic E-state index is 12.7. The van der Waals surface area contributed by atoms with Crippen LogP contribution in [0.2, 0.25) is 5.02 Å². The summed E-state index contributed by atoms with van der Waals surface area (Å²) in [6.45, 7) is 2.01. The molecule has 1 N–H and O–H groups in total. The standard InChI is InChI=1S/C21H18BrClN2O/c1-12-6-9-18(16(22)10-12)25-21(26)13-7-8-15-19(11-13)24-17-5-3-2-4-14(17)20(15)23/h6-11H,2-5H2,1H3,(H,25,26). The maximum atomic E-state index is 12.7. The smallest absolute Gasteiger partial charge is 0.255 e. The summed E-state index contributed by atoms with van der Waals surface area (Å²) in [7, 11) is 0. The third kappa shape index (κ3) is 3.24. The highest BCUT2D eigenvalue weighted by Crippen LogP contribution is 2.33. The minimum absolute atomic E-state index is 0.160. The lowest BCUT2D eigenvalue weighted by Gasteiger charge is -2.18. The van der Waals surface area contributed by atoms with E-state index in [1.807, 2.05) is 43.3 Å². The van der Waals surface area contributed by atoms with Gasteiger partial charge < -0.3 is 5.32 Å². The Bertz CT molecular complexity index is 1030. The lowest BCUT2D eigenvalue weighted by molar-refractivity contribution is 0.102. The quantitative estimate of drug-likeness (QED) is 0.535. The van der Waals surface area contributed by atoms with E-state index in [9.17, 15) is 4.79 Å². The van der Waals surface area contributed by atoms with Gasteiger partial charge in [0.05, 0.1) is 16.2 Å². The zero-order valence-corrected chi connectivity index (χ0v) is 16.7. The molecule has 3 aromatic rings. The van der Waals surface area contributed by atoms with Gasteiger partial charge in [0.15, 0.2) is 0 Å². The van der Waals surface area contributed by atoms with E-state index >= 15 is 0 Å². The summed E-state index contributed by atoms with van der Waals surface area (Å²) in [5.74, 6) is -0.160. The summed E-state index contributed by atoms with van der Waals surface area (Å²) < 4.78 is 0.863. The van der Waals surface area contributed by atoms with Gasteiger partial charge >= 0.3 is 0 Å². The summed E-state index contributed by atoms with van der Waals surface area (Å²) in [4.78, 5) is 17.5. The molecule has 5 heteroatoms. The molecule has 0 radical (unpaired) electrons. The average Bonchev–Trinajstić information content (AvgIpc) is 2.64. The molecule has 0 saturated heterocycles. The van der Waals surface area contributed by atoms with Crippen molar-refractivity contribution in [3.05, 3.63) is 68.3 Å². The number of benzene rings is 2. The summed E-state index contributed by atoms with van der Waals surface area (Å²) >= 11 is 10.1. The first-order chi connectivity index (χ1) is 12.5. The van der Waals surface area contributed by atoms with Crippen LogP contribution in [0.15, 0.2) is 40.9 Å². The minimum atomic E-state index is -0.160. The number of anilines is 1. The Morgan fingerprint density at radius 1 is 1.15 bits per heavy atom. The van der Waals surface area contributed by atoms with Crippen molar-refractivity contribution in [1.82, 2.24) is 4.98 Å². The van der Waals surface area contributed by atoms with E-state index in [-0.39, 0.29) is 5.91 Å². The number of amides is 1. The van der Waals surface area contributed by atoms with Crippen LogP contribution in [0.4, 0.5) is 5.69 Å². The number of aryl methyl sites for hydroxylation is 2. The number of carbonyl (C=O) groups excluding carboxylic acids is 1. The van der Waals surface area contributed by atoms with Crippen LogP contribution in [-0.4, -0.2) is 10.9 Å². The molecule has 0 fully saturated rings. The minimum Gasteiger partial charge on any atom is -0.321 e. The molecule has 132 valence electrons. The normalized spacial score (nSPS) is 13.5. The summed E-state index contributed by atoms with van der Waals surface area (Å²) in [5, 5.41) is 4.66. The van der Waals surface area contributed by atoms with Crippen LogP contribution in [0, 0.1) is 6.92 Å². The van der Waals surface area contributed by atoms with Crippen LogP contribution < -0.4 is 5.32 Å². The highest BCUT2D eigenvalue weighted by molar-refractivity contribution is 9.10. The summed E-state index contributed by atoms with van der Waals surface area (Å²) in [6.07, 6.45) is 4.24. The number of hydrogen-bond acceptors (Lipinski definition) is 2. The van der Waals surface area contributed by atoms with Gasteiger partial charge in [0.25, 0.3) is 5.91 Å². The monoisotopic (exact) mass is 428 g/mol. The number of halogens is 2. The van der Waals surface area contributed by atoms with E-state index in [0.29, 0.717) is 5.56 Å². The molecule has 1 amide bonds. The van der Waals surface area contributed by atoms with Gasteiger partial charge in [-0.15, -0.1) is 0 Å². The van der Waals surface area contributed by atoms with E-state index in [0.717, 1.165) is 63.0 Å². The topological polar surface area (TPSA) is 42.0 Å².